The summed E-state index contributed by atoms with van der Waals surface area (Å²) in [6, 6.07) is 0.632. The molecule has 2 fully saturated rings. The van der Waals surface area contributed by atoms with Gasteiger partial charge in [0.05, 0.1) is 5.41 Å². The second kappa shape index (κ2) is 7.13. The molecule has 122 valence electrons. The summed E-state index contributed by atoms with van der Waals surface area (Å²) in [7, 11) is 0. The van der Waals surface area contributed by atoms with Crippen LogP contribution in [0.5, 0.6) is 0 Å². The summed E-state index contributed by atoms with van der Waals surface area (Å²) in [5.74, 6) is 1.06. The van der Waals surface area contributed by atoms with Gasteiger partial charge in [-0.2, -0.15) is 0 Å². The van der Waals surface area contributed by atoms with Crippen LogP contribution in [0.3, 0.4) is 0 Å². The topological polar surface area (TPSA) is 40.5 Å². The van der Waals surface area contributed by atoms with Gasteiger partial charge in [-0.25, -0.2) is 0 Å². The fraction of sp³-hybridized carbons (Fsp3) is 0.944. The minimum absolute atomic E-state index is 0.483. The molecular weight excluding hydrogens is 262 g/mol. The number of aliphatic carboxylic acids is 1. The van der Waals surface area contributed by atoms with Crippen molar-refractivity contribution in [2.24, 2.45) is 17.3 Å². The third kappa shape index (κ3) is 4.00. The van der Waals surface area contributed by atoms with Crippen LogP contribution >= 0.6 is 0 Å². The van der Waals surface area contributed by atoms with E-state index in [-0.39, 0.29) is 0 Å². The Balaban J connectivity index is 1.98. The minimum atomic E-state index is -0.579. The van der Waals surface area contributed by atoms with Gasteiger partial charge in [0, 0.05) is 12.6 Å². The standard InChI is InChI=1S/C18H33NO2/c1-4-18(17(20)21)9-6-10-19(13-18)16-8-5-7-15(12-16)11-14(2)3/h14-16H,4-13H2,1-3H3,(H,20,21). The van der Waals surface area contributed by atoms with Gasteiger partial charge in [-0.15, -0.1) is 0 Å². The molecule has 1 aliphatic heterocycles. The average molecular weight is 295 g/mol. The van der Waals surface area contributed by atoms with E-state index in [1.54, 1.807) is 0 Å². The molecule has 21 heavy (non-hydrogen) atoms. The Hall–Kier alpha value is -0.570. The molecule has 1 heterocycles. The summed E-state index contributed by atoms with van der Waals surface area (Å²) >= 11 is 0. The van der Waals surface area contributed by atoms with E-state index in [1.165, 1.54) is 32.1 Å². The van der Waals surface area contributed by atoms with Crippen LogP contribution in [0.1, 0.15) is 72.1 Å². The molecule has 1 N–H and O–H groups in total. The Morgan fingerprint density at radius 3 is 2.71 bits per heavy atom. The summed E-state index contributed by atoms with van der Waals surface area (Å²) < 4.78 is 0. The van der Waals surface area contributed by atoms with Crippen molar-refractivity contribution in [1.29, 1.82) is 0 Å². The number of hydrogen-bond donors (Lipinski definition) is 1. The monoisotopic (exact) mass is 295 g/mol. The Morgan fingerprint density at radius 2 is 2.10 bits per heavy atom. The predicted octanol–water partition coefficient (Wildman–Crippen LogP) is 4.17. The first-order valence-corrected chi connectivity index (χ1v) is 8.94. The molecule has 0 aromatic heterocycles. The Kier molecular flexibility index (Phi) is 5.70. The highest BCUT2D eigenvalue weighted by Gasteiger charge is 2.42. The van der Waals surface area contributed by atoms with E-state index in [4.69, 9.17) is 0 Å². The number of hydrogen-bond acceptors (Lipinski definition) is 2. The molecule has 1 aliphatic carbocycles. The van der Waals surface area contributed by atoms with Gasteiger partial charge in [-0.1, -0.05) is 33.6 Å². The van der Waals surface area contributed by atoms with Gasteiger partial charge in [-0.05, 0) is 56.9 Å². The molecule has 1 saturated heterocycles. The molecule has 0 bridgehead atoms. The maximum absolute atomic E-state index is 11.7. The van der Waals surface area contributed by atoms with Gasteiger partial charge in [0.15, 0.2) is 0 Å². The Bertz CT molecular complexity index is 355. The molecular formula is C18H33NO2. The van der Waals surface area contributed by atoms with Gasteiger partial charge >= 0.3 is 5.97 Å². The van der Waals surface area contributed by atoms with E-state index in [1.807, 2.05) is 6.92 Å². The number of nitrogens with zero attached hydrogens (tertiary/aromatic N) is 1. The number of carboxylic acid groups (broad SMARTS) is 1. The molecule has 0 radical (unpaired) electrons. The van der Waals surface area contributed by atoms with Crippen molar-refractivity contribution < 1.29 is 9.90 Å². The molecule has 0 aromatic carbocycles. The zero-order valence-electron chi connectivity index (χ0n) is 14.1. The second-order valence-corrected chi connectivity index (χ2v) is 7.83. The Morgan fingerprint density at radius 1 is 1.33 bits per heavy atom. The third-order valence-corrected chi connectivity index (χ3v) is 5.81. The van der Waals surface area contributed by atoms with E-state index in [0.717, 1.165) is 44.2 Å². The van der Waals surface area contributed by atoms with Gasteiger partial charge in [0.2, 0.25) is 0 Å². The summed E-state index contributed by atoms with van der Waals surface area (Å²) in [6.07, 6.45) is 9.27. The predicted molar refractivity (Wildman–Crippen MR) is 86.4 cm³/mol. The largest absolute Gasteiger partial charge is 0.481 e. The number of rotatable bonds is 5. The SMILES string of the molecule is CCC1(C(=O)O)CCCN(C2CCCC(CC(C)C)C2)C1. The fourth-order valence-electron chi connectivity index (χ4n) is 4.57. The van der Waals surface area contributed by atoms with Crippen molar-refractivity contribution >= 4 is 5.97 Å². The van der Waals surface area contributed by atoms with Crippen LogP contribution in [-0.2, 0) is 4.79 Å². The lowest BCUT2D eigenvalue weighted by Gasteiger charge is -2.45. The zero-order chi connectivity index (χ0) is 15.5. The third-order valence-electron chi connectivity index (χ3n) is 5.81. The fourth-order valence-corrected chi connectivity index (χ4v) is 4.57. The molecule has 0 spiro atoms. The second-order valence-electron chi connectivity index (χ2n) is 7.83. The number of piperidine rings is 1. The average Bonchev–Trinajstić information content (AvgIpc) is 2.46. The normalized spacial score (nSPS) is 35.0. The first kappa shape index (κ1) is 16.8. The zero-order valence-corrected chi connectivity index (χ0v) is 14.1. The lowest BCUT2D eigenvalue weighted by molar-refractivity contribution is -0.153. The number of likely N-dealkylation sites (tertiary alicyclic amines) is 1. The van der Waals surface area contributed by atoms with Crippen LogP contribution in [0.25, 0.3) is 0 Å². The minimum Gasteiger partial charge on any atom is -0.481 e. The van der Waals surface area contributed by atoms with Gasteiger partial charge in [0.25, 0.3) is 0 Å². The summed E-state index contributed by atoms with van der Waals surface area (Å²) in [6.45, 7) is 8.56. The van der Waals surface area contributed by atoms with Crippen LogP contribution in [0.15, 0.2) is 0 Å². The molecule has 3 atom stereocenters. The first-order chi connectivity index (χ1) is 9.97. The van der Waals surface area contributed by atoms with Crippen LogP contribution in [-0.4, -0.2) is 35.1 Å². The van der Waals surface area contributed by atoms with Crippen molar-refractivity contribution in [3.8, 4) is 0 Å². The van der Waals surface area contributed by atoms with E-state index in [2.05, 4.69) is 18.7 Å². The van der Waals surface area contributed by atoms with Crippen molar-refractivity contribution in [1.82, 2.24) is 4.90 Å². The quantitative estimate of drug-likeness (QED) is 0.827. The molecule has 1 saturated carbocycles. The Labute approximate surface area is 130 Å². The maximum Gasteiger partial charge on any atom is 0.310 e. The lowest BCUT2D eigenvalue weighted by Crippen LogP contribution is -2.52. The van der Waals surface area contributed by atoms with Crippen LogP contribution in [0.4, 0.5) is 0 Å². The highest BCUT2D eigenvalue weighted by atomic mass is 16.4. The van der Waals surface area contributed by atoms with E-state index < -0.39 is 11.4 Å². The molecule has 3 unspecified atom stereocenters. The van der Waals surface area contributed by atoms with Crippen molar-refractivity contribution in [2.45, 2.75) is 78.2 Å². The molecule has 3 nitrogen and oxygen atoms in total. The van der Waals surface area contributed by atoms with E-state index >= 15 is 0 Å². The van der Waals surface area contributed by atoms with E-state index in [0.29, 0.717) is 6.04 Å². The summed E-state index contributed by atoms with van der Waals surface area (Å²) in [5.41, 5.74) is -0.483. The number of carboxylic acids is 1. The smallest absolute Gasteiger partial charge is 0.310 e. The van der Waals surface area contributed by atoms with E-state index in [9.17, 15) is 9.90 Å². The van der Waals surface area contributed by atoms with Crippen molar-refractivity contribution in [3.63, 3.8) is 0 Å². The van der Waals surface area contributed by atoms with Gasteiger partial charge in [0.1, 0.15) is 0 Å². The highest BCUT2D eigenvalue weighted by molar-refractivity contribution is 5.75. The highest BCUT2D eigenvalue weighted by Crippen LogP contribution is 2.38. The van der Waals surface area contributed by atoms with Crippen LogP contribution in [0.2, 0.25) is 0 Å². The molecule has 3 heteroatoms. The summed E-state index contributed by atoms with van der Waals surface area (Å²) in [5, 5.41) is 9.65. The maximum atomic E-state index is 11.7. The molecule has 2 rings (SSSR count). The number of carbonyl (C=O) groups is 1. The van der Waals surface area contributed by atoms with Crippen LogP contribution < -0.4 is 0 Å². The van der Waals surface area contributed by atoms with Gasteiger partial charge < -0.3 is 5.11 Å². The van der Waals surface area contributed by atoms with Crippen LogP contribution in [0, 0.1) is 17.3 Å². The first-order valence-electron chi connectivity index (χ1n) is 8.94. The van der Waals surface area contributed by atoms with Crippen molar-refractivity contribution in [3.05, 3.63) is 0 Å². The molecule has 0 amide bonds. The molecule has 2 aliphatic rings. The molecule has 0 aromatic rings. The lowest BCUT2D eigenvalue weighted by atomic mass is 9.75. The van der Waals surface area contributed by atoms with Gasteiger partial charge in [-0.3, -0.25) is 9.69 Å². The summed E-state index contributed by atoms with van der Waals surface area (Å²) in [4.78, 5) is 14.2. The van der Waals surface area contributed by atoms with Crippen molar-refractivity contribution in [2.75, 3.05) is 13.1 Å².